The molecule has 8 heteroatoms. The predicted molar refractivity (Wildman–Crippen MR) is 125 cm³/mol. The van der Waals surface area contributed by atoms with Gasteiger partial charge in [-0.25, -0.2) is 0 Å². The van der Waals surface area contributed by atoms with E-state index < -0.39 is 5.91 Å². The molecule has 3 N–H and O–H groups in total. The molecule has 1 aromatic carbocycles. The van der Waals surface area contributed by atoms with Gasteiger partial charge in [-0.1, -0.05) is 36.4 Å². The highest BCUT2D eigenvalue weighted by atomic mass is 32.1. The summed E-state index contributed by atoms with van der Waals surface area (Å²) in [5.74, 6) is -0.886. The molecule has 0 bridgehead atoms. The Morgan fingerprint density at radius 3 is 2.39 bits per heavy atom. The number of primary amides is 1. The molecule has 3 amide bonds. The van der Waals surface area contributed by atoms with Gasteiger partial charge in [-0.15, -0.1) is 22.7 Å². The van der Waals surface area contributed by atoms with E-state index >= 15 is 0 Å². The lowest BCUT2D eigenvalue weighted by Gasteiger charge is -2.31. The average molecular weight is 454 g/mol. The number of anilines is 1. The number of hydrogen-bond acceptors (Lipinski definition) is 5. The van der Waals surface area contributed by atoms with E-state index in [4.69, 9.17) is 5.73 Å². The molecule has 0 saturated carbocycles. The smallest absolute Gasteiger partial charge is 0.263 e. The van der Waals surface area contributed by atoms with Crippen molar-refractivity contribution in [2.45, 2.75) is 19.8 Å². The molecule has 2 aromatic heterocycles. The van der Waals surface area contributed by atoms with E-state index in [0.717, 1.165) is 20.9 Å². The van der Waals surface area contributed by atoms with Gasteiger partial charge >= 0.3 is 0 Å². The van der Waals surface area contributed by atoms with Crippen molar-refractivity contribution in [2.75, 3.05) is 18.4 Å². The fraction of sp³-hybridized carbons (Fsp3) is 0.261. The van der Waals surface area contributed by atoms with Gasteiger partial charge in [-0.3, -0.25) is 14.4 Å². The van der Waals surface area contributed by atoms with Crippen molar-refractivity contribution in [3.63, 3.8) is 0 Å². The molecule has 0 unspecified atom stereocenters. The predicted octanol–water partition coefficient (Wildman–Crippen LogP) is 4.37. The van der Waals surface area contributed by atoms with Crippen molar-refractivity contribution >= 4 is 45.4 Å². The van der Waals surface area contributed by atoms with Gasteiger partial charge < -0.3 is 16.0 Å². The molecular formula is C23H23N3O3S2. The second-order valence-corrected chi connectivity index (χ2v) is 9.67. The zero-order valence-corrected chi connectivity index (χ0v) is 18.7. The molecule has 160 valence electrons. The summed E-state index contributed by atoms with van der Waals surface area (Å²) in [6.45, 7) is 3.00. The molecule has 6 nitrogen and oxygen atoms in total. The summed E-state index contributed by atoms with van der Waals surface area (Å²) in [5.41, 5.74) is 7.71. The van der Waals surface area contributed by atoms with Crippen molar-refractivity contribution in [2.24, 2.45) is 11.7 Å². The van der Waals surface area contributed by atoms with Crippen molar-refractivity contribution in [3.05, 3.63) is 63.2 Å². The van der Waals surface area contributed by atoms with Crippen molar-refractivity contribution in [3.8, 4) is 11.1 Å². The van der Waals surface area contributed by atoms with Gasteiger partial charge in [-0.2, -0.15) is 0 Å². The number of aryl methyl sites for hydroxylation is 1. The summed E-state index contributed by atoms with van der Waals surface area (Å²) in [7, 11) is 0. The second-order valence-electron chi connectivity index (χ2n) is 7.50. The van der Waals surface area contributed by atoms with Crippen LogP contribution in [0.4, 0.5) is 5.00 Å². The average Bonchev–Trinajstić information content (AvgIpc) is 3.42. The van der Waals surface area contributed by atoms with Gasteiger partial charge in [0.25, 0.3) is 11.8 Å². The molecule has 1 aliphatic heterocycles. The molecule has 0 spiro atoms. The Morgan fingerprint density at radius 1 is 1.06 bits per heavy atom. The quantitative estimate of drug-likeness (QED) is 0.601. The molecular weight excluding hydrogens is 430 g/mol. The van der Waals surface area contributed by atoms with E-state index in [9.17, 15) is 14.4 Å². The number of likely N-dealkylation sites (tertiary alicyclic amines) is 1. The van der Waals surface area contributed by atoms with Gasteiger partial charge in [0.05, 0.1) is 10.4 Å². The Bertz CT molecular complexity index is 1100. The van der Waals surface area contributed by atoms with Crippen molar-refractivity contribution < 1.29 is 14.4 Å². The van der Waals surface area contributed by atoms with Crippen LogP contribution in [0.3, 0.4) is 0 Å². The van der Waals surface area contributed by atoms with Crippen LogP contribution in [0.25, 0.3) is 11.1 Å². The van der Waals surface area contributed by atoms with Crippen LogP contribution in [0.5, 0.6) is 0 Å². The van der Waals surface area contributed by atoms with E-state index in [2.05, 4.69) is 5.32 Å². The molecule has 0 radical (unpaired) electrons. The number of carbonyl (C=O) groups is 3. The number of rotatable bonds is 5. The third kappa shape index (κ3) is 4.40. The fourth-order valence-corrected chi connectivity index (χ4v) is 5.71. The van der Waals surface area contributed by atoms with Crippen LogP contribution >= 0.6 is 22.7 Å². The van der Waals surface area contributed by atoms with E-state index in [1.165, 1.54) is 22.7 Å². The minimum atomic E-state index is -0.560. The SMILES string of the molecule is Cc1sc(NC(=O)C2CCN(C(=O)c3cccs3)CC2)c(C(N)=O)c1-c1ccccc1. The highest BCUT2D eigenvalue weighted by molar-refractivity contribution is 7.17. The monoisotopic (exact) mass is 453 g/mol. The number of benzene rings is 1. The number of thiophene rings is 2. The van der Waals surface area contributed by atoms with E-state index in [1.807, 2.05) is 54.8 Å². The number of nitrogens with zero attached hydrogens (tertiary/aromatic N) is 1. The summed E-state index contributed by atoms with van der Waals surface area (Å²) in [4.78, 5) is 41.1. The van der Waals surface area contributed by atoms with Crippen molar-refractivity contribution in [1.29, 1.82) is 0 Å². The van der Waals surface area contributed by atoms with Gasteiger partial charge in [0.2, 0.25) is 5.91 Å². The van der Waals surface area contributed by atoms with Gasteiger partial charge in [0, 0.05) is 29.4 Å². The standard InChI is InChI=1S/C23H23N3O3S2/c1-14-18(15-6-3-2-4-7-15)19(20(24)27)22(31-14)25-21(28)16-9-11-26(12-10-16)23(29)17-8-5-13-30-17/h2-8,13,16H,9-12H2,1H3,(H2,24,27)(H,25,28). The van der Waals surface area contributed by atoms with E-state index in [-0.39, 0.29) is 17.7 Å². The Balaban J connectivity index is 1.47. The van der Waals surface area contributed by atoms with Gasteiger partial charge in [-0.05, 0) is 36.8 Å². The minimum Gasteiger partial charge on any atom is -0.365 e. The highest BCUT2D eigenvalue weighted by Gasteiger charge is 2.30. The van der Waals surface area contributed by atoms with Crippen LogP contribution < -0.4 is 11.1 Å². The number of nitrogens with one attached hydrogen (secondary N) is 1. The number of hydrogen-bond donors (Lipinski definition) is 2. The fourth-order valence-electron chi connectivity index (χ4n) is 3.94. The lowest BCUT2D eigenvalue weighted by atomic mass is 9.95. The van der Waals surface area contributed by atoms with Gasteiger partial charge in [0.15, 0.2) is 0 Å². The Morgan fingerprint density at radius 2 is 1.77 bits per heavy atom. The molecule has 4 rings (SSSR count). The normalized spacial score (nSPS) is 14.4. The first-order valence-corrected chi connectivity index (χ1v) is 11.8. The summed E-state index contributed by atoms with van der Waals surface area (Å²) in [5, 5.41) is 5.32. The number of carbonyl (C=O) groups excluding carboxylic acids is 3. The third-order valence-electron chi connectivity index (χ3n) is 5.51. The Kier molecular flexibility index (Phi) is 6.20. The molecule has 1 fully saturated rings. The van der Waals surface area contributed by atoms with Gasteiger partial charge in [0.1, 0.15) is 5.00 Å². The van der Waals surface area contributed by atoms with Crippen LogP contribution in [0.2, 0.25) is 0 Å². The molecule has 1 aliphatic rings. The van der Waals surface area contributed by atoms with E-state index in [1.54, 1.807) is 4.90 Å². The highest BCUT2D eigenvalue weighted by Crippen LogP contribution is 2.40. The maximum atomic E-state index is 12.9. The summed E-state index contributed by atoms with van der Waals surface area (Å²) < 4.78 is 0. The maximum Gasteiger partial charge on any atom is 0.263 e. The molecule has 31 heavy (non-hydrogen) atoms. The first kappa shape index (κ1) is 21.3. The van der Waals surface area contributed by atoms with Crippen LogP contribution in [0, 0.1) is 12.8 Å². The first-order chi connectivity index (χ1) is 15.0. The number of piperidine rings is 1. The molecule has 1 saturated heterocycles. The third-order valence-corrected chi connectivity index (χ3v) is 7.39. The lowest BCUT2D eigenvalue weighted by molar-refractivity contribution is -0.121. The number of nitrogens with two attached hydrogens (primary N) is 1. The van der Waals surface area contributed by atoms with Crippen LogP contribution in [0.1, 0.15) is 37.7 Å². The minimum absolute atomic E-state index is 0.0197. The molecule has 0 aliphatic carbocycles. The van der Waals surface area contributed by atoms with Crippen LogP contribution in [-0.4, -0.2) is 35.7 Å². The topological polar surface area (TPSA) is 92.5 Å². The summed E-state index contributed by atoms with van der Waals surface area (Å²) in [6.07, 6.45) is 1.18. The number of amides is 3. The van der Waals surface area contributed by atoms with Crippen LogP contribution in [0.15, 0.2) is 47.8 Å². The summed E-state index contributed by atoms with van der Waals surface area (Å²) >= 11 is 2.79. The maximum absolute atomic E-state index is 12.9. The lowest BCUT2D eigenvalue weighted by Crippen LogP contribution is -2.41. The Hall–Kier alpha value is -2.97. The zero-order valence-electron chi connectivity index (χ0n) is 17.1. The second kappa shape index (κ2) is 9.03. The van der Waals surface area contributed by atoms with Crippen LogP contribution in [-0.2, 0) is 4.79 Å². The summed E-state index contributed by atoms with van der Waals surface area (Å²) in [6, 6.07) is 13.2. The molecule has 0 atom stereocenters. The molecule has 3 heterocycles. The first-order valence-electron chi connectivity index (χ1n) is 10.1. The molecule has 3 aromatic rings. The Labute approximate surface area is 188 Å². The van der Waals surface area contributed by atoms with E-state index in [0.29, 0.717) is 36.5 Å². The van der Waals surface area contributed by atoms with Crippen molar-refractivity contribution in [1.82, 2.24) is 4.90 Å². The largest absolute Gasteiger partial charge is 0.365 e. The zero-order chi connectivity index (χ0) is 22.0.